The minimum atomic E-state index is 0.663. The molecule has 0 aromatic carbocycles. The average molecular weight is 150 g/mol. The number of rotatable bonds is 0. The van der Waals surface area contributed by atoms with Crippen LogP contribution in [0.15, 0.2) is 26.9 Å². The highest BCUT2D eigenvalue weighted by molar-refractivity contribution is 5.76. The Morgan fingerprint density at radius 1 is 1.55 bits per heavy atom. The van der Waals surface area contributed by atoms with Gasteiger partial charge < -0.3 is 5.32 Å². The smallest absolute Gasteiger partial charge is 0.151 e. The van der Waals surface area contributed by atoms with E-state index in [0.29, 0.717) is 12.4 Å². The van der Waals surface area contributed by atoms with Crippen LogP contribution in [-0.4, -0.2) is 25.4 Å². The molecule has 1 aliphatic heterocycles. The monoisotopic (exact) mass is 150 g/mol. The lowest BCUT2D eigenvalue weighted by atomic mass is 10.6. The summed E-state index contributed by atoms with van der Waals surface area (Å²) in [6.45, 7) is 2.57. The molecule has 11 heavy (non-hydrogen) atoms. The molecule has 4 nitrogen and oxygen atoms in total. The second-order valence-electron chi connectivity index (χ2n) is 1.89. The van der Waals surface area contributed by atoms with Crippen molar-refractivity contribution < 1.29 is 0 Å². The van der Waals surface area contributed by atoms with Gasteiger partial charge in [0.05, 0.1) is 12.9 Å². The molecule has 0 aliphatic carbocycles. The first kappa shape index (κ1) is 7.65. The Labute approximate surface area is 65.5 Å². The Balaban J connectivity index is 2.72. The molecular formula is C7H10N4. The molecule has 4 heteroatoms. The van der Waals surface area contributed by atoms with E-state index >= 15 is 0 Å². The van der Waals surface area contributed by atoms with Crippen LogP contribution in [0.2, 0.25) is 0 Å². The summed E-state index contributed by atoms with van der Waals surface area (Å²) in [5.41, 5.74) is 0. The number of aliphatic imine (C=N–C) groups is 3. The molecule has 1 heterocycles. The number of hydrogen-bond donors (Lipinski definition) is 1. The minimum absolute atomic E-state index is 0.663. The Morgan fingerprint density at radius 3 is 3.27 bits per heavy atom. The lowest BCUT2D eigenvalue weighted by Crippen LogP contribution is -2.13. The van der Waals surface area contributed by atoms with Crippen LogP contribution in [0.1, 0.15) is 6.92 Å². The number of allylic oxidation sites excluding steroid dienone is 1. The lowest BCUT2D eigenvalue weighted by Gasteiger charge is -1.90. The third kappa shape index (κ3) is 2.75. The van der Waals surface area contributed by atoms with Crippen molar-refractivity contribution in [1.82, 2.24) is 5.32 Å². The van der Waals surface area contributed by atoms with Crippen molar-refractivity contribution >= 4 is 18.9 Å². The zero-order chi connectivity index (χ0) is 7.94. The van der Waals surface area contributed by atoms with E-state index in [1.807, 2.05) is 13.0 Å². The topological polar surface area (TPSA) is 49.1 Å². The van der Waals surface area contributed by atoms with Crippen molar-refractivity contribution in [3.63, 3.8) is 0 Å². The fraction of sp³-hybridized carbons (Fsp3) is 0.286. The second kappa shape index (κ2) is 4.38. The molecule has 0 amide bonds. The van der Waals surface area contributed by atoms with Crippen molar-refractivity contribution in [1.29, 1.82) is 0 Å². The summed E-state index contributed by atoms with van der Waals surface area (Å²) in [7, 11) is 0. The van der Waals surface area contributed by atoms with E-state index in [4.69, 9.17) is 0 Å². The quantitative estimate of drug-likeness (QED) is 0.539. The van der Waals surface area contributed by atoms with Gasteiger partial charge in [-0.05, 0) is 13.0 Å². The molecule has 58 valence electrons. The van der Waals surface area contributed by atoms with Crippen LogP contribution in [0.25, 0.3) is 0 Å². The van der Waals surface area contributed by atoms with Crippen LogP contribution >= 0.6 is 0 Å². The molecule has 1 aliphatic rings. The van der Waals surface area contributed by atoms with E-state index in [-0.39, 0.29) is 0 Å². The molecule has 0 unspecified atom stereocenters. The zero-order valence-corrected chi connectivity index (χ0v) is 6.36. The van der Waals surface area contributed by atoms with Crippen LogP contribution in [0.4, 0.5) is 0 Å². The first-order chi connectivity index (χ1) is 5.43. The van der Waals surface area contributed by atoms with Crippen molar-refractivity contribution in [3.8, 4) is 0 Å². The summed E-state index contributed by atoms with van der Waals surface area (Å²) in [5, 5.41) is 2.93. The second-order valence-corrected chi connectivity index (χ2v) is 1.89. The standard InChI is InChI=1S/C7H10N4/c1-2-7-10-5-8-3-4-9-6-11-7/h2-3,5-6H,4H2,1H3,(H,9,11)/b7-2-,8-3-,10-5+. The molecule has 1 N–H and O–H groups in total. The number of hydrogen-bond acceptors (Lipinski definition) is 4. The Morgan fingerprint density at radius 2 is 2.45 bits per heavy atom. The molecule has 0 aromatic rings. The van der Waals surface area contributed by atoms with Gasteiger partial charge in [0.1, 0.15) is 6.34 Å². The highest BCUT2D eigenvalue weighted by Crippen LogP contribution is 1.95. The predicted molar refractivity (Wildman–Crippen MR) is 47.2 cm³/mol. The zero-order valence-electron chi connectivity index (χ0n) is 6.36. The first-order valence-electron chi connectivity index (χ1n) is 3.40. The van der Waals surface area contributed by atoms with Crippen molar-refractivity contribution in [3.05, 3.63) is 11.9 Å². The van der Waals surface area contributed by atoms with Gasteiger partial charge in [-0.2, -0.15) is 0 Å². The van der Waals surface area contributed by atoms with Gasteiger partial charge >= 0.3 is 0 Å². The molecule has 0 atom stereocenters. The van der Waals surface area contributed by atoms with Gasteiger partial charge in [0.15, 0.2) is 5.82 Å². The van der Waals surface area contributed by atoms with E-state index in [2.05, 4.69) is 20.3 Å². The van der Waals surface area contributed by atoms with Crippen molar-refractivity contribution in [2.45, 2.75) is 6.92 Å². The van der Waals surface area contributed by atoms with Crippen LogP contribution in [0, 0.1) is 0 Å². The first-order valence-corrected chi connectivity index (χ1v) is 3.40. The Bertz CT molecular complexity index is 225. The summed E-state index contributed by atoms with van der Waals surface area (Å²) < 4.78 is 0. The van der Waals surface area contributed by atoms with E-state index in [1.54, 1.807) is 12.6 Å². The van der Waals surface area contributed by atoms with E-state index in [0.717, 1.165) is 0 Å². The van der Waals surface area contributed by atoms with Gasteiger partial charge in [-0.1, -0.05) is 0 Å². The normalized spacial score (nSPS) is 29.4. The fourth-order valence-electron chi connectivity index (χ4n) is 0.592. The van der Waals surface area contributed by atoms with Gasteiger partial charge in [0.25, 0.3) is 0 Å². The van der Waals surface area contributed by atoms with Crippen molar-refractivity contribution in [2.75, 3.05) is 6.54 Å². The molecule has 1 rings (SSSR count). The van der Waals surface area contributed by atoms with Gasteiger partial charge in [0, 0.05) is 6.21 Å². The molecule has 0 aromatic heterocycles. The van der Waals surface area contributed by atoms with E-state index < -0.39 is 0 Å². The van der Waals surface area contributed by atoms with Gasteiger partial charge in [-0.3, -0.25) is 0 Å². The van der Waals surface area contributed by atoms with Crippen LogP contribution in [-0.2, 0) is 0 Å². The summed E-state index contributed by atoms with van der Waals surface area (Å²) in [6.07, 6.45) is 6.65. The number of nitrogens with one attached hydrogen (secondary N) is 1. The maximum atomic E-state index is 4.01. The van der Waals surface area contributed by atoms with Crippen LogP contribution in [0.3, 0.4) is 0 Å². The number of nitrogens with zero attached hydrogens (tertiary/aromatic N) is 3. The summed E-state index contributed by atoms with van der Waals surface area (Å²) in [4.78, 5) is 11.9. The molecular weight excluding hydrogens is 140 g/mol. The summed E-state index contributed by atoms with van der Waals surface area (Å²) >= 11 is 0. The van der Waals surface area contributed by atoms with Gasteiger partial charge in [-0.25, -0.2) is 15.0 Å². The van der Waals surface area contributed by atoms with Gasteiger partial charge in [0.2, 0.25) is 0 Å². The maximum absolute atomic E-state index is 4.01. The molecule has 0 radical (unpaired) electrons. The Hall–Kier alpha value is -1.45. The third-order valence-corrected chi connectivity index (χ3v) is 1.12. The molecule has 0 fully saturated rings. The van der Waals surface area contributed by atoms with Gasteiger partial charge in [-0.15, -0.1) is 0 Å². The average Bonchev–Trinajstić information content (AvgIpc) is 2.16. The molecule has 0 saturated heterocycles. The lowest BCUT2D eigenvalue weighted by molar-refractivity contribution is 1.11. The van der Waals surface area contributed by atoms with Crippen LogP contribution in [0.5, 0.6) is 0 Å². The van der Waals surface area contributed by atoms with Crippen LogP contribution < -0.4 is 5.32 Å². The highest BCUT2D eigenvalue weighted by atomic mass is 15.0. The molecule has 0 spiro atoms. The fourth-order valence-corrected chi connectivity index (χ4v) is 0.592. The predicted octanol–water partition coefficient (Wildman–Crippen LogP) is 0.578. The largest absolute Gasteiger partial charge is 0.371 e. The Kier molecular flexibility index (Phi) is 3.05. The maximum Gasteiger partial charge on any atom is 0.151 e. The van der Waals surface area contributed by atoms with E-state index in [1.165, 1.54) is 6.34 Å². The third-order valence-electron chi connectivity index (χ3n) is 1.12. The minimum Gasteiger partial charge on any atom is -0.371 e. The van der Waals surface area contributed by atoms with Crippen molar-refractivity contribution in [2.24, 2.45) is 15.0 Å². The molecule has 0 saturated carbocycles. The highest BCUT2D eigenvalue weighted by Gasteiger charge is 1.85. The SMILES string of the molecule is C/C=C1\N=C/NC/C=N\C=N\1. The summed E-state index contributed by atoms with van der Waals surface area (Å²) in [6, 6.07) is 0. The summed E-state index contributed by atoms with van der Waals surface area (Å²) in [5.74, 6) is 0.663. The molecule has 0 bridgehead atoms. The van der Waals surface area contributed by atoms with E-state index in [9.17, 15) is 0 Å².